The predicted molar refractivity (Wildman–Crippen MR) is 60.7 cm³/mol. The maximum Gasteiger partial charge on any atom is 0.269 e. The molecule has 18 heavy (non-hydrogen) atoms. The lowest BCUT2D eigenvalue weighted by Crippen LogP contribution is -2.26. The lowest BCUT2D eigenvalue weighted by atomic mass is 10.2. The number of aryl methyl sites for hydroxylation is 1. The Kier molecular flexibility index (Phi) is 3.36. The first-order valence-corrected chi connectivity index (χ1v) is 5.28. The van der Waals surface area contributed by atoms with Crippen LogP contribution in [0.2, 0.25) is 0 Å². The summed E-state index contributed by atoms with van der Waals surface area (Å²) in [5.41, 5.74) is 0.166. The first-order chi connectivity index (χ1) is 8.59. The fourth-order valence-electron chi connectivity index (χ4n) is 1.56. The number of halogens is 2. The van der Waals surface area contributed by atoms with E-state index in [1.807, 2.05) is 0 Å². The third-order valence-electron chi connectivity index (χ3n) is 2.54. The predicted octanol–water partition coefficient (Wildman–Crippen LogP) is 1.63. The quantitative estimate of drug-likeness (QED) is 0.901. The summed E-state index contributed by atoms with van der Waals surface area (Å²) in [5, 5.41) is 6.28. The summed E-state index contributed by atoms with van der Waals surface area (Å²) in [5.74, 6) is -1.79. The first-order valence-electron chi connectivity index (χ1n) is 5.28. The standard InChI is InChI=1S/C12H11F2N3O/c1-17-11(5-6-16-17)12(18)15-7-8-9(13)3-2-4-10(8)14/h2-6H,7H2,1H3,(H,15,18). The van der Waals surface area contributed by atoms with Crippen LogP contribution in [-0.2, 0) is 13.6 Å². The number of rotatable bonds is 3. The van der Waals surface area contributed by atoms with Gasteiger partial charge in [-0.2, -0.15) is 5.10 Å². The van der Waals surface area contributed by atoms with Crippen molar-refractivity contribution in [3.05, 3.63) is 53.4 Å². The van der Waals surface area contributed by atoms with Crippen LogP contribution in [0.1, 0.15) is 16.1 Å². The van der Waals surface area contributed by atoms with Gasteiger partial charge in [0.2, 0.25) is 0 Å². The summed E-state index contributed by atoms with van der Waals surface area (Å²) >= 11 is 0. The van der Waals surface area contributed by atoms with Crippen molar-refractivity contribution < 1.29 is 13.6 Å². The van der Waals surface area contributed by atoms with Crippen molar-refractivity contribution in [3.63, 3.8) is 0 Å². The van der Waals surface area contributed by atoms with Gasteiger partial charge in [0.1, 0.15) is 17.3 Å². The maximum atomic E-state index is 13.3. The van der Waals surface area contributed by atoms with E-state index in [9.17, 15) is 13.6 Å². The second-order valence-corrected chi connectivity index (χ2v) is 3.72. The third kappa shape index (κ3) is 2.37. The summed E-state index contributed by atoms with van der Waals surface area (Å²) < 4.78 is 28.0. The SMILES string of the molecule is Cn1nccc1C(=O)NCc1c(F)cccc1F. The van der Waals surface area contributed by atoms with E-state index in [2.05, 4.69) is 10.4 Å². The monoisotopic (exact) mass is 251 g/mol. The number of nitrogens with one attached hydrogen (secondary N) is 1. The molecule has 0 atom stereocenters. The maximum absolute atomic E-state index is 13.3. The van der Waals surface area contributed by atoms with E-state index in [0.717, 1.165) is 12.1 Å². The van der Waals surface area contributed by atoms with Crippen molar-refractivity contribution in [2.24, 2.45) is 7.05 Å². The average Bonchev–Trinajstić information content (AvgIpc) is 2.74. The number of carbonyl (C=O) groups is 1. The minimum absolute atomic E-state index is 0.159. The van der Waals surface area contributed by atoms with Crippen LogP contribution in [0.25, 0.3) is 0 Å². The normalized spacial score (nSPS) is 10.4. The molecule has 94 valence electrons. The number of aromatic nitrogens is 2. The fraction of sp³-hybridized carbons (Fsp3) is 0.167. The Hall–Kier alpha value is -2.24. The van der Waals surface area contributed by atoms with E-state index < -0.39 is 17.5 Å². The van der Waals surface area contributed by atoms with Gasteiger partial charge in [0, 0.05) is 25.4 Å². The van der Waals surface area contributed by atoms with E-state index in [1.54, 1.807) is 7.05 Å². The van der Waals surface area contributed by atoms with Crippen LogP contribution in [-0.4, -0.2) is 15.7 Å². The molecule has 6 heteroatoms. The van der Waals surface area contributed by atoms with Gasteiger partial charge in [-0.3, -0.25) is 9.48 Å². The van der Waals surface area contributed by atoms with Crippen molar-refractivity contribution in [2.75, 3.05) is 0 Å². The van der Waals surface area contributed by atoms with Crippen molar-refractivity contribution in [1.29, 1.82) is 0 Å². The topological polar surface area (TPSA) is 46.9 Å². The van der Waals surface area contributed by atoms with E-state index in [1.165, 1.54) is 23.0 Å². The number of hydrogen-bond donors (Lipinski definition) is 1. The zero-order valence-electron chi connectivity index (χ0n) is 9.65. The Morgan fingerprint density at radius 1 is 1.33 bits per heavy atom. The average molecular weight is 251 g/mol. The molecule has 2 rings (SSSR count). The number of benzene rings is 1. The van der Waals surface area contributed by atoms with Gasteiger partial charge in [0.05, 0.1) is 0 Å². The summed E-state index contributed by atoms with van der Waals surface area (Å²) in [4.78, 5) is 11.7. The first kappa shape index (κ1) is 12.2. The third-order valence-corrected chi connectivity index (χ3v) is 2.54. The van der Waals surface area contributed by atoms with Crippen molar-refractivity contribution >= 4 is 5.91 Å². The Morgan fingerprint density at radius 2 is 2.00 bits per heavy atom. The molecule has 1 aromatic carbocycles. The Labute approximate surface area is 102 Å². The van der Waals surface area contributed by atoms with Crippen LogP contribution < -0.4 is 5.32 Å². The minimum atomic E-state index is -0.680. The van der Waals surface area contributed by atoms with E-state index in [4.69, 9.17) is 0 Å². The van der Waals surface area contributed by atoms with Crippen LogP contribution in [0, 0.1) is 11.6 Å². The van der Waals surface area contributed by atoms with Crippen LogP contribution in [0.3, 0.4) is 0 Å². The molecule has 1 heterocycles. The van der Waals surface area contributed by atoms with Crippen molar-refractivity contribution in [1.82, 2.24) is 15.1 Å². The van der Waals surface area contributed by atoms with Crippen LogP contribution in [0.15, 0.2) is 30.5 Å². The van der Waals surface area contributed by atoms with Crippen molar-refractivity contribution in [2.45, 2.75) is 6.54 Å². The van der Waals surface area contributed by atoms with E-state index in [0.29, 0.717) is 5.69 Å². The van der Waals surface area contributed by atoms with Crippen LogP contribution >= 0.6 is 0 Å². The molecule has 1 amide bonds. The molecule has 0 aliphatic heterocycles. The van der Waals surface area contributed by atoms with E-state index in [-0.39, 0.29) is 12.1 Å². The molecule has 0 saturated carbocycles. The lowest BCUT2D eigenvalue weighted by molar-refractivity contribution is 0.0941. The molecule has 0 saturated heterocycles. The highest BCUT2D eigenvalue weighted by molar-refractivity contribution is 5.92. The molecule has 2 aromatic rings. The molecule has 1 aromatic heterocycles. The van der Waals surface area contributed by atoms with Crippen LogP contribution in [0.4, 0.5) is 8.78 Å². The zero-order chi connectivity index (χ0) is 13.1. The Bertz CT molecular complexity index is 560. The second-order valence-electron chi connectivity index (χ2n) is 3.72. The molecular formula is C12H11F2N3O. The number of amides is 1. The van der Waals surface area contributed by atoms with Gasteiger partial charge < -0.3 is 5.32 Å². The Morgan fingerprint density at radius 3 is 2.56 bits per heavy atom. The highest BCUT2D eigenvalue weighted by Crippen LogP contribution is 2.11. The molecular weight excluding hydrogens is 240 g/mol. The van der Waals surface area contributed by atoms with Gasteiger partial charge in [-0.05, 0) is 18.2 Å². The van der Waals surface area contributed by atoms with Gasteiger partial charge in [0.15, 0.2) is 0 Å². The summed E-state index contributed by atoms with van der Waals surface area (Å²) in [7, 11) is 1.61. The number of carbonyl (C=O) groups excluding carboxylic acids is 1. The molecule has 4 nitrogen and oxygen atoms in total. The fourth-order valence-corrected chi connectivity index (χ4v) is 1.56. The van der Waals surface area contributed by atoms with Crippen LogP contribution in [0.5, 0.6) is 0 Å². The van der Waals surface area contributed by atoms with Gasteiger partial charge in [0.25, 0.3) is 5.91 Å². The van der Waals surface area contributed by atoms with Gasteiger partial charge in [-0.1, -0.05) is 6.07 Å². The molecule has 0 spiro atoms. The molecule has 0 unspecified atom stereocenters. The van der Waals surface area contributed by atoms with E-state index >= 15 is 0 Å². The summed E-state index contributed by atoms with van der Waals surface area (Å²) in [6, 6.07) is 5.09. The highest BCUT2D eigenvalue weighted by atomic mass is 19.1. The molecule has 1 N–H and O–H groups in total. The molecule has 0 aliphatic carbocycles. The largest absolute Gasteiger partial charge is 0.346 e. The summed E-state index contributed by atoms with van der Waals surface area (Å²) in [6.45, 7) is -0.206. The molecule has 0 bridgehead atoms. The number of nitrogens with zero attached hydrogens (tertiary/aromatic N) is 2. The molecule has 0 fully saturated rings. The molecule has 0 aliphatic rings. The lowest BCUT2D eigenvalue weighted by Gasteiger charge is -2.07. The second kappa shape index (κ2) is 4.95. The highest BCUT2D eigenvalue weighted by Gasteiger charge is 2.12. The molecule has 0 radical (unpaired) electrons. The smallest absolute Gasteiger partial charge is 0.269 e. The Balaban J connectivity index is 2.09. The minimum Gasteiger partial charge on any atom is -0.346 e. The van der Waals surface area contributed by atoms with Crippen molar-refractivity contribution in [3.8, 4) is 0 Å². The number of hydrogen-bond acceptors (Lipinski definition) is 2. The van der Waals surface area contributed by atoms with Gasteiger partial charge >= 0.3 is 0 Å². The van der Waals surface area contributed by atoms with Gasteiger partial charge in [-0.15, -0.1) is 0 Å². The zero-order valence-corrected chi connectivity index (χ0v) is 9.65. The summed E-state index contributed by atoms with van der Waals surface area (Å²) in [6.07, 6.45) is 1.47. The van der Waals surface area contributed by atoms with Gasteiger partial charge in [-0.25, -0.2) is 8.78 Å².